The first-order valence-electron chi connectivity index (χ1n) is 13.4. The Kier molecular flexibility index (Phi) is 7.52. The van der Waals surface area contributed by atoms with Crippen molar-refractivity contribution in [2.45, 2.75) is 32.1 Å². The van der Waals surface area contributed by atoms with E-state index in [4.69, 9.17) is 14.7 Å². The predicted octanol–water partition coefficient (Wildman–Crippen LogP) is 6.04. The zero-order valence-electron chi connectivity index (χ0n) is 22.6. The van der Waals surface area contributed by atoms with E-state index in [1.807, 2.05) is 4.57 Å². The van der Waals surface area contributed by atoms with E-state index in [2.05, 4.69) is 9.97 Å². The molecule has 2 aromatic heterocycles. The summed E-state index contributed by atoms with van der Waals surface area (Å²) in [7, 11) is 0. The lowest BCUT2D eigenvalue weighted by atomic mass is 10.1. The van der Waals surface area contributed by atoms with Crippen molar-refractivity contribution in [3.63, 3.8) is 0 Å². The summed E-state index contributed by atoms with van der Waals surface area (Å²) in [5.41, 5.74) is 2.19. The van der Waals surface area contributed by atoms with Crippen LogP contribution in [0, 0.1) is 28.8 Å². The fourth-order valence-corrected chi connectivity index (χ4v) is 4.89. The summed E-state index contributed by atoms with van der Waals surface area (Å²) in [4.78, 5) is 20.6. The third kappa shape index (κ3) is 5.78. The Morgan fingerprint density at radius 2 is 1.84 bits per heavy atom. The summed E-state index contributed by atoms with van der Waals surface area (Å²) >= 11 is 0. The second kappa shape index (κ2) is 11.6. The normalized spacial score (nSPS) is 14.3. The van der Waals surface area contributed by atoms with Gasteiger partial charge in [0, 0.05) is 30.2 Å². The molecule has 8 nitrogen and oxygen atoms in total. The van der Waals surface area contributed by atoms with E-state index in [0.717, 1.165) is 18.6 Å². The zero-order chi connectivity index (χ0) is 30.1. The molecule has 0 radical (unpaired) electrons. The summed E-state index contributed by atoms with van der Waals surface area (Å²) in [6.45, 7) is 0.817. The molecule has 216 valence electrons. The number of carboxylic acid groups (broad SMARTS) is 1. The molecule has 1 aliphatic rings. The van der Waals surface area contributed by atoms with E-state index in [1.54, 1.807) is 42.5 Å². The van der Waals surface area contributed by atoms with Gasteiger partial charge in [-0.3, -0.25) is 0 Å². The van der Waals surface area contributed by atoms with Crippen LogP contribution in [0.15, 0.2) is 66.7 Å². The van der Waals surface area contributed by atoms with Gasteiger partial charge in [0.1, 0.15) is 36.0 Å². The topological polar surface area (TPSA) is 110 Å². The number of benzene rings is 3. The molecule has 0 spiro atoms. The van der Waals surface area contributed by atoms with Crippen LogP contribution in [0.3, 0.4) is 0 Å². The van der Waals surface area contributed by atoms with Gasteiger partial charge in [0.25, 0.3) is 0 Å². The van der Waals surface area contributed by atoms with Crippen molar-refractivity contribution in [1.29, 1.82) is 5.26 Å². The highest BCUT2D eigenvalue weighted by atomic mass is 19.1. The number of nitrogens with zero attached hydrogens (tertiary/aromatic N) is 4. The van der Waals surface area contributed by atoms with Crippen LogP contribution in [-0.4, -0.2) is 38.3 Å². The molecule has 1 fully saturated rings. The van der Waals surface area contributed by atoms with Crippen LogP contribution < -0.4 is 4.74 Å². The number of carboxylic acids is 1. The highest BCUT2D eigenvalue weighted by Gasteiger charge is 2.23. The smallest absolute Gasteiger partial charge is 0.335 e. The lowest BCUT2D eigenvalue weighted by molar-refractivity contribution is -0.0589. The molecule has 1 saturated heterocycles. The first-order valence-corrected chi connectivity index (χ1v) is 13.4. The van der Waals surface area contributed by atoms with E-state index in [0.29, 0.717) is 46.8 Å². The number of aromatic nitrogens is 3. The second-order valence-electron chi connectivity index (χ2n) is 10.1. The van der Waals surface area contributed by atoms with Gasteiger partial charge < -0.3 is 19.1 Å². The van der Waals surface area contributed by atoms with Crippen molar-refractivity contribution in [2.75, 3.05) is 6.61 Å². The van der Waals surface area contributed by atoms with E-state index in [9.17, 15) is 18.7 Å². The minimum Gasteiger partial charge on any atom is -0.478 e. The van der Waals surface area contributed by atoms with Crippen LogP contribution in [0.25, 0.3) is 22.3 Å². The highest BCUT2D eigenvalue weighted by Crippen LogP contribution is 2.27. The maximum Gasteiger partial charge on any atom is 0.335 e. The molecule has 0 amide bonds. The molecule has 5 aromatic rings. The molecule has 0 aliphatic carbocycles. The molecule has 0 saturated carbocycles. The van der Waals surface area contributed by atoms with E-state index < -0.39 is 29.0 Å². The molecule has 11 heteroatoms. The number of imidazole rings is 1. The van der Waals surface area contributed by atoms with Crippen LogP contribution in [0.4, 0.5) is 13.2 Å². The van der Waals surface area contributed by atoms with Crippen molar-refractivity contribution in [2.24, 2.45) is 0 Å². The number of pyridine rings is 1. The van der Waals surface area contributed by atoms with Crippen molar-refractivity contribution >= 4 is 17.0 Å². The van der Waals surface area contributed by atoms with Gasteiger partial charge in [-0.1, -0.05) is 18.2 Å². The number of aromatic carboxylic acids is 1. The first-order chi connectivity index (χ1) is 20.8. The van der Waals surface area contributed by atoms with E-state index >= 15 is 4.39 Å². The molecule has 3 aromatic carbocycles. The number of hydrogen-bond donors (Lipinski definition) is 1. The SMILES string of the molecule is N#Cc1cc(F)c(COc2cccc(-c3ccc(Cc4nc5ccc(C(=O)O)cc5n4C[C@@H]4CCO4)c(F)c3)n2)cc1F. The lowest BCUT2D eigenvalue weighted by Crippen LogP contribution is -2.31. The van der Waals surface area contributed by atoms with E-state index in [1.165, 1.54) is 18.2 Å². The Hall–Kier alpha value is -5.21. The molecule has 1 aliphatic heterocycles. The minimum absolute atomic E-state index is 0.0233. The Balaban J connectivity index is 1.23. The molecular formula is C32H23F3N4O4. The summed E-state index contributed by atoms with van der Waals surface area (Å²) < 4.78 is 56.6. The minimum atomic E-state index is -1.05. The third-order valence-corrected chi connectivity index (χ3v) is 7.31. The number of nitriles is 1. The Labute approximate surface area is 243 Å². The summed E-state index contributed by atoms with van der Waals surface area (Å²) in [6.07, 6.45) is 1.01. The number of hydrogen-bond acceptors (Lipinski definition) is 6. The summed E-state index contributed by atoms with van der Waals surface area (Å²) in [6, 6.07) is 17.6. The molecule has 3 heterocycles. The van der Waals surface area contributed by atoms with Gasteiger partial charge in [0.05, 0.1) is 40.5 Å². The highest BCUT2D eigenvalue weighted by molar-refractivity contribution is 5.92. The molecule has 1 atom stereocenters. The van der Waals surface area contributed by atoms with Crippen LogP contribution in [0.5, 0.6) is 5.88 Å². The average Bonchev–Trinajstić information content (AvgIpc) is 3.32. The van der Waals surface area contributed by atoms with Gasteiger partial charge in [-0.05, 0) is 54.4 Å². The van der Waals surface area contributed by atoms with Crippen LogP contribution in [0.2, 0.25) is 0 Å². The number of ether oxygens (including phenoxy) is 2. The van der Waals surface area contributed by atoms with Gasteiger partial charge >= 0.3 is 5.97 Å². The van der Waals surface area contributed by atoms with Gasteiger partial charge in [0.15, 0.2) is 0 Å². The van der Waals surface area contributed by atoms with Gasteiger partial charge in [0.2, 0.25) is 5.88 Å². The Bertz CT molecular complexity index is 1910. The summed E-state index contributed by atoms with van der Waals surface area (Å²) in [5, 5.41) is 18.3. The molecule has 0 bridgehead atoms. The van der Waals surface area contributed by atoms with Crippen molar-refractivity contribution in [3.8, 4) is 23.2 Å². The predicted molar refractivity (Wildman–Crippen MR) is 149 cm³/mol. The average molecular weight is 585 g/mol. The molecule has 6 rings (SSSR count). The van der Waals surface area contributed by atoms with E-state index in [-0.39, 0.29) is 36.1 Å². The number of carbonyl (C=O) groups is 1. The van der Waals surface area contributed by atoms with Gasteiger partial charge in [-0.15, -0.1) is 0 Å². The summed E-state index contributed by atoms with van der Waals surface area (Å²) in [5.74, 6) is -2.44. The van der Waals surface area contributed by atoms with Crippen molar-refractivity contribution in [3.05, 3.63) is 112 Å². The van der Waals surface area contributed by atoms with Crippen LogP contribution in [0.1, 0.15) is 39.3 Å². The molecule has 43 heavy (non-hydrogen) atoms. The quantitative estimate of drug-likeness (QED) is 0.225. The molecule has 1 N–H and O–H groups in total. The number of fused-ring (bicyclic) bond motifs is 1. The first kappa shape index (κ1) is 27.9. The standard InChI is InChI=1S/C32H23F3N4O4/c33-24-10-19(27-2-1-3-31(38-27)43-17-22-12-25(34)21(15-36)11-26(22)35)5-4-18(24)14-30-37-28-7-6-20(32(40)41)13-29(28)39(30)16-23-8-9-42-23/h1-7,10-13,23H,8-9,14,16-17H2,(H,40,41)/t23-/m0/s1. The fourth-order valence-electron chi connectivity index (χ4n) is 4.89. The Morgan fingerprint density at radius 3 is 2.56 bits per heavy atom. The maximum absolute atomic E-state index is 15.4. The largest absolute Gasteiger partial charge is 0.478 e. The molecular weight excluding hydrogens is 561 g/mol. The van der Waals surface area contributed by atoms with Crippen LogP contribution in [-0.2, 0) is 24.3 Å². The van der Waals surface area contributed by atoms with Gasteiger partial charge in [-0.2, -0.15) is 5.26 Å². The lowest BCUT2D eigenvalue weighted by Gasteiger charge is -2.27. The fraction of sp³-hybridized carbons (Fsp3) is 0.188. The van der Waals surface area contributed by atoms with Crippen molar-refractivity contribution in [1.82, 2.24) is 14.5 Å². The van der Waals surface area contributed by atoms with Crippen molar-refractivity contribution < 1.29 is 32.5 Å². The number of rotatable bonds is 9. The monoisotopic (exact) mass is 584 g/mol. The Morgan fingerprint density at radius 1 is 1.02 bits per heavy atom. The zero-order valence-corrected chi connectivity index (χ0v) is 22.6. The number of halogens is 3. The maximum atomic E-state index is 15.4. The van der Waals surface area contributed by atoms with Crippen LogP contribution >= 0.6 is 0 Å². The van der Waals surface area contributed by atoms with Gasteiger partial charge in [-0.25, -0.2) is 27.9 Å². The third-order valence-electron chi connectivity index (χ3n) is 7.31. The molecule has 0 unspecified atom stereocenters. The second-order valence-corrected chi connectivity index (χ2v) is 10.1.